The van der Waals surface area contributed by atoms with Crippen LogP contribution in [0.15, 0.2) is 47.6 Å². The first-order chi connectivity index (χ1) is 35.7. The van der Waals surface area contributed by atoms with Crippen molar-refractivity contribution in [3.63, 3.8) is 0 Å². The number of piperidine rings is 1. The quantitative estimate of drug-likeness (QED) is 0.0608. The number of hydroxylamine groups is 4. The van der Waals surface area contributed by atoms with E-state index in [2.05, 4.69) is 0 Å². The first kappa shape index (κ1) is 63.9. The molecule has 428 valence electrons. The number of aliphatic hydroxyl groups excluding tert-OH is 1. The molecule has 0 aromatic carbocycles. The standard InChI is InChI=1S/C56H87N3O17/c1-32(2)73-55(67)59(70)44-30-41-23-21-39(9)56(68,75-41)51(63)52(64)58-25-17-16-20-43(58)54(66)74-46(36(6)28-40-22-24-42(47(29-40)71-11)53(65)76-57(10)69)31-45(60)35(5)27-38(8)49(62)50(72-12)48(61)37(7)26-33(3)18-14-13-15-19-34(44)4/h13-15,18-19,27,32-33,35-37,39-44,46-47,49-50,62,68-70H,16-17,20-26,28-31H2,1-12H3/b15-13+,18-14+,34-19+,38-27+/t33-,35-,36-,37-,39-,40+,41+,42-,43+,44-,46+,47-,49-,50+,56-/m1/s1. The number of hydrogen-bond acceptors (Lipinski definition) is 18. The Hall–Kier alpha value is -4.67. The molecule has 4 rings (SSSR count). The zero-order valence-electron chi connectivity index (χ0n) is 46.8. The van der Waals surface area contributed by atoms with Crippen molar-refractivity contribution in [1.29, 1.82) is 0 Å². The Bertz CT molecular complexity index is 2140. The van der Waals surface area contributed by atoms with Gasteiger partial charge in [-0.25, -0.2) is 14.4 Å². The van der Waals surface area contributed by atoms with Crippen LogP contribution in [0.5, 0.6) is 0 Å². The minimum absolute atomic E-state index is 0.0220. The summed E-state index contributed by atoms with van der Waals surface area (Å²) >= 11 is 0. The highest BCUT2D eigenvalue weighted by molar-refractivity contribution is 6.39. The lowest BCUT2D eigenvalue weighted by Crippen LogP contribution is -2.61. The number of aliphatic hydroxyl groups is 2. The van der Waals surface area contributed by atoms with E-state index < -0.39 is 114 Å². The number of fused-ring (bicyclic) bond motifs is 3. The summed E-state index contributed by atoms with van der Waals surface area (Å²) in [5.74, 6) is -10.8. The molecule has 3 heterocycles. The van der Waals surface area contributed by atoms with Crippen LogP contribution in [0.25, 0.3) is 0 Å². The fourth-order valence-corrected chi connectivity index (χ4v) is 11.0. The highest BCUT2D eigenvalue weighted by Crippen LogP contribution is 2.39. The van der Waals surface area contributed by atoms with Gasteiger partial charge < -0.3 is 43.6 Å². The molecule has 0 aromatic heterocycles. The van der Waals surface area contributed by atoms with Gasteiger partial charge in [0, 0.05) is 51.4 Å². The van der Waals surface area contributed by atoms with Crippen LogP contribution < -0.4 is 0 Å². The first-order valence-corrected chi connectivity index (χ1v) is 27.0. The van der Waals surface area contributed by atoms with Gasteiger partial charge in [-0.3, -0.25) is 29.6 Å². The molecule has 0 aromatic rings. The number of nitrogens with zero attached hydrogens (tertiary/aromatic N) is 3. The van der Waals surface area contributed by atoms with E-state index in [9.17, 15) is 54.2 Å². The van der Waals surface area contributed by atoms with Crippen LogP contribution in [0.1, 0.15) is 139 Å². The lowest BCUT2D eigenvalue weighted by Gasteiger charge is -2.43. The maximum atomic E-state index is 14.6. The third-order valence-electron chi connectivity index (χ3n) is 15.6. The number of methoxy groups -OCH3 is 2. The van der Waals surface area contributed by atoms with Gasteiger partial charge in [0.1, 0.15) is 30.1 Å². The Morgan fingerprint density at radius 1 is 0.882 bits per heavy atom. The number of ketones is 3. The van der Waals surface area contributed by atoms with E-state index in [0.717, 1.165) is 4.90 Å². The van der Waals surface area contributed by atoms with E-state index in [1.165, 1.54) is 21.3 Å². The summed E-state index contributed by atoms with van der Waals surface area (Å²) in [4.78, 5) is 104. The Morgan fingerprint density at radius 3 is 2.22 bits per heavy atom. The van der Waals surface area contributed by atoms with Gasteiger partial charge in [-0.15, -0.1) is 0 Å². The van der Waals surface area contributed by atoms with E-state index in [-0.39, 0.29) is 62.1 Å². The fourth-order valence-electron chi connectivity index (χ4n) is 11.0. The Morgan fingerprint density at radius 2 is 1.58 bits per heavy atom. The van der Waals surface area contributed by atoms with E-state index in [1.54, 1.807) is 78.8 Å². The summed E-state index contributed by atoms with van der Waals surface area (Å²) in [6.45, 7) is 15.3. The molecule has 0 radical (unpaired) electrons. The Kier molecular flexibility index (Phi) is 24.7. The molecule has 2 bridgehead atoms. The summed E-state index contributed by atoms with van der Waals surface area (Å²) in [7, 11) is 3.99. The third kappa shape index (κ3) is 17.2. The molecular formula is C56H87N3O17. The van der Waals surface area contributed by atoms with E-state index in [1.807, 2.05) is 19.9 Å². The number of Topliss-reactive ketones (excluding diaryl/α,β-unsaturated/α-hetero) is 3. The molecule has 3 aliphatic heterocycles. The van der Waals surface area contributed by atoms with E-state index in [4.69, 9.17) is 28.5 Å². The number of cyclic esters (lactones) is 1. The Labute approximate surface area is 448 Å². The molecule has 4 N–H and O–H groups in total. The molecular weight excluding hydrogens is 987 g/mol. The molecule has 3 fully saturated rings. The molecule has 20 nitrogen and oxygen atoms in total. The van der Waals surface area contributed by atoms with Gasteiger partial charge in [0.05, 0.1) is 37.3 Å². The number of hydrogen-bond donors (Lipinski definition) is 4. The molecule has 15 atom stereocenters. The minimum Gasteiger partial charge on any atom is -0.460 e. The van der Waals surface area contributed by atoms with Crippen LogP contribution in [-0.2, 0) is 57.3 Å². The van der Waals surface area contributed by atoms with Gasteiger partial charge in [-0.05, 0) is 126 Å². The second-order valence-electron chi connectivity index (χ2n) is 22.1. The van der Waals surface area contributed by atoms with Crippen molar-refractivity contribution in [3.05, 3.63) is 47.6 Å². The number of ether oxygens (including phenoxy) is 5. The van der Waals surface area contributed by atoms with Gasteiger partial charge in [-0.2, -0.15) is 5.06 Å². The monoisotopic (exact) mass is 1070 g/mol. The Balaban J connectivity index is 1.75. The molecule has 2 amide bonds. The average molecular weight is 1070 g/mol. The summed E-state index contributed by atoms with van der Waals surface area (Å²) in [5, 5.41) is 45.3. The zero-order valence-corrected chi connectivity index (χ0v) is 46.8. The number of amides is 2. The SMILES string of the molecule is CO[C@@H]1C[C@H](C[C@@H](C)[C@@H]2CC(=O)[C@H](C)/C=C(\C)[C@@H](O)[C@@H](OC)C(=O)[C@H](C)C[C@H](C)/C=C/C=C/C=C(\C)[C@H](N(O)C(=O)OC(C)C)C[C@@H]3CC[C@@H](C)[C@@](O)(O3)C(=O)C(=O)N3CCCC[C@H]3C(=O)O2)CC[C@H]1C(=O)ON(C)O. The number of esters is 1. The molecule has 2 saturated heterocycles. The third-order valence-corrected chi connectivity index (χ3v) is 15.6. The lowest BCUT2D eigenvalue weighted by atomic mass is 9.75. The highest BCUT2D eigenvalue weighted by Gasteiger charge is 2.53. The van der Waals surface area contributed by atoms with E-state index >= 15 is 0 Å². The van der Waals surface area contributed by atoms with Crippen molar-refractivity contribution in [2.24, 2.45) is 41.4 Å². The first-order valence-electron chi connectivity index (χ1n) is 27.0. The van der Waals surface area contributed by atoms with Crippen LogP contribution in [0, 0.1) is 41.4 Å². The second kappa shape index (κ2) is 29.3. The maximum absolute atomic E-state index is 14.6. The largest absolute Gasteiger partial charge is 0.460 e. The van der Waals surface area contributed by atoms with Gasteiger partial charge in [0.25, 0.3) is 11.7 Å². The highest BCUT2D eigenvalue weighted by atomic mass is 16.9. The van der Waals surface area contributed by atoms with Crippen molar-refractivity contribution in [1.82, 2.24) is 15.2 Å². The van der Waals surface area contributed by atoms with Crippen molar-refractivity contribution in [3.8, 4) is 0 Å². The fraction of sp³-hybridized carbons (Fsp3) is 0.732. The van der Waals surface area contributed by atoms with Crippen molar-refractivity contribution in [2.45, 2.75) is 194 Å². The van der Waals surface area contributed by atoms with Gasteiger partial charge in [0.15, 0.2) is 5.78 Å². The maximum Gasteiger partial charge on any atom is 0.434 e. The van der Waals surface area contributed by atoms with Crippen molar-refractivity contribution in [2.75, 3.05) is 27.8 Å². The van der Waals surface area contributed by atoms with Gasteiger partial charge in [0.2, 0.25) is 5.79 Å². The van der Waals surface area contributed by atoms with Crippen LogP contribution in [0.2, 0.25) is 0 Å². The lowest BCUT2D eigenvalue weighted by molar-refractivity contribution is -0.306. The average Bonchev–Trinajstić information content (AvgIpc) is 3.37. The summed E-state index contributed by atoms with van der Waals surface area (Å²) in [6, 6.07) is -2.34. The second-order valence-corrected chi connectivity index (χ2v) is 22.1. The zero-order chi connectivity index (χ0) is 56.8. The van der Waals surface area contributed by atoms with Gasteiger partial charge in [-0.1, -0.05) is 71.1 Å². The number of rotatable bonds is 9. The van der Waals surface area contributed by atoms with Crippen molar-refractivity contribution < 1.29 is 82.7 Å². The molecule has 76 heavy (non-hydrogen) atoms. The number of carbonyl (C=O) groups excluding carboxylic acids is 7. The summed E-state index contributed by atoms with van der Waals surface area (Å²) in [6.07, 6.45) is 6.92. The molecule has 1 aliphatic carbocycles. The summed E-state index contributed by atoms with van der Waals surface area (Å²) < 4.78 is 29.0. The molecule has 0 spiro atoms. The predicted octanol–water partition coefficient (Wildman–Crippen LogP) is 6.80. The minimum atomic E-state index is -2.65. The van der Waals surface area contributed by atoms with Gasteiger partial charge >= 0.3 is 18.0 Å². The van der Waals surface area contributed by atoms with Crippen LogP contribution in [0.4, 0.5) is 4.79 Å². The predicted molar refractivity (Wildman–Crippen MR) is 276 cm³/mol. The molecule has 1 saturated carbocycles. The van der Waals surface area contributed by atoms with Crippen LogP contribution in [0.3, 0.4) is 0 Å². The number of carbonyl (C=O) groups is 7. The molecule has 0 unspecified atom stereocenters. The molecule has 20 heteroatoms. The number of allylic oxidation sites excluding steroid dienone is 6. The topological polar surface area (TPSA) is 266 Å². The molecule has 4 aliphatic rings. The van der Waals surface area contributed by atoms with Crippen molar-refractivity contribution >= 4 is 41.3 Å². The smallest absolute Gasteiger partial charge is 0.434 e. The van der Waals surface area contributed by atoms with E-state index in [0.29, 0.717) is 66.4 Å². The summed E-state index contributed by atoms with van der Waals surface area (Å²) in [5.41, 5.74) is 0.812. The van der Waals surface area contributed by atoms with Crippen LogP contribution in [-0.4, -0.2) is 159 Å². The normalized spacial score (nSPS) is 36.2. The van der Waals surface area contributed by atoms with Crippen LogP contribution >= 0.6 is 0 Å².